The van der Waals surface area contributed by atoms with Gasteiger partial charge in [0.15, 0.2) is 5.78 Å². The Balaban J connectivity index is 1.19. The molecular formula is C29H27N3O3. The largest absolute Gasteiger partial charge is 0.486 e. The summed E-state index contributed by atoms with van der Waals surface area (Å²) in [4.78, 5) is 32.9. The molecule has 2 aliphatic rings. The predicted molar refractivity (Wildman–Crippen MR) is 134 cm³/mol. The highest BCUT2D eigenvalue weighted by Gasteiger charge is 2.44. The molecule has 0 saturated carbocycles. The molecule has 1 saturated heterocycles. The van der Waals surface area contributed by atoms with Crippen molar-refractivity contribution in [3.8, 4) is 17.0 Å². The van der Waals surface area contributed by atoms with Crippen molar-refractivity contribution in [3.05, 3.63) is 89.2 Å². The lowest BCUT2D eigenvalue weighted by molar-refractivity contribution is -0.00619. The number of amides is 1. The van der Waals surface area contributed by atoms with Crippen LogP contribution in [-0.2, 0) is 0 Å². The van der Waals surface area contributed by atoms with E-state index < -0.39 is 5.60 Å². The van der Waals surface area contributed by atoms with Gasteiger partial charge in [-0.1, -0.05) is 36.4 Å². The molecule has 1 fully saturated rings. The van der Waals surface area contributed by atoms with Gasteiger partial charge >= 0.3 is 0 Å². The summed E-state index contributed by atoms with van der Waals surface area (Å²) in [7, 11) is 0. The first-order chi connectivity index (χ1) is 16.9. The molecular weight excluding hydrogens is 438 g/mol. The summed E-state index contributed by atoms with van der Waals surface area (Å²) < 4.78 is 8.42. The van der Waals surface area contributed by atoms with Crippen molar-refractivity contribution in [1.82, 2.24) is 14.3 Å². The number of aromatic nitrogens is 2. The minimum Gasteiger partial charge on any atom is -0.486 e. The Bertz CT molecular complexity index is 1460. The van der Waals surface area contributed by atoms with E-state index in [9.17, 15) is 9.59 Å². The van der Waals surface area contributed by atoms with Gasteiger partial charge in [-0.3, -0.25) is 9.59 Å². The summed E-state index contributed by atoms with van der Waals surface area (Å²) in [5, 5.41) is 0. The third-order valence-corrected chi connectivity index (χ3v) is 7.26. The van der Waals surface area contributed by atoms with Crippen LogP contribution in [0.5, 0.6) is 5.75 Å². The quantitative estimate of drug-likeness (QED) is 0.405. The van der Waals surface area contributed by atoms with Crippen LogP contribution in [0.4, 0.5) is 0 Å². The van der Waals surface area contributed by atoms with Crippen LogP contribution >= 0.6 is 0 Å². The van der Waals surface area contributed by atoms with Crippen molar-refractivity contribution in [2.45, 2.75) is 38.7 Å². The molecule has 0 aliphatic carbocycles. The first kappa shape index (κ1) is 21.6. The fourth-order valence-electron chi connectivity index (χ4n) is 5.38. The Morgan fingerprint density at radius 3 is 2.57 bits per heavy atom. The molecule has 6 rings (SSSR count). The van der Waals surface area contributed by atoms with Crippen molar-refractivity contribution >= 4 is 17.3 Å². The number of Topliss-reactive ketones (excluding diaryl/α,β-unsaturated/α-hetero) is 1. The fraction of sp³-hybridized carbons (Fsp3) is 0.276. The van der Waals surface area contributed by atoms with Crippen LogP contribution in [0.3, 0.4) is 0 Å². The highest BCUT2D eigenvalue weighted by atomic mass is 16.5. The van der Waals surface area contributed by atoms with Crippen LogP contribution in [0.1, 0.15) is 51.1 Å². The molecule has 0 atom stereocenters. The maximum absolute atomic E-state index is 13.3. The number of piperidine rings is 1. The SMILES string of the molecule is Cc1cc(C)c2c(c1)C(=O)CC1(CCN(C(=O)c3ccn4cc(-c5ccccc5)nc4c3)CC1)O2. The smallest absolute Gasteiger partial charge is 0.254 e. The fourth-order valence-corrected chi connectivity index (χ4v) is 5.38. The van der Waals surface area contributed by atoms with E-state index in [-0.39, 0.29) is 11.7 Å². The first-order valence-corrected chi connectivity index (χ1v) is 12.1. The van der Waals surface area contributed by atoms with Gasteiger partial charge < -0.3 is 14.0 Å². The van der Waals surface area contributed by atoms with E-state index in [1.54, 1.807) is 0 Å². The number of benzene rings is 2. The zero-order valence-corrected chi connectivity index (χ0v) is 20.0. The van der Waals surface area contributed by atoms with Crippen molar-refractivity contribution < 1.29 is 14.3 Å². The zero-order chi connectivity index (χ0) is 24.2. The molecule has 0 bridgehead atoms. The van der Waals surface area contributed by atoms with Crippen LogP contribution in [0.25, 0.3) is 16.9 Å². The Morgan fingerprint density at radius 1 is 1.03 bits per heavy atom. The lowest BCUT2D eigenvalue weighted by Crippen LogP contribution is -2.52. The topological polar surface area (TPSA) is 63.9 Å². The molecule has 0 radical (unpaired) electrons. The maximum Gasteiger partial charge on any atom is 0.254 e. The number of rotatable bonds is 2. The predicted octanol–water partition coefficient (Wildman–Crippen LogP) is 5.26. The summed E-state index contributed by atoms with van der Waals surface area (Å²) in [5.41, 5.74) is 5.50. The minimum absolute atomic E-state index is 0.0130. The van der Waals surface area contributed by atoms with Gasteiger partial charge in [0.1, 0.15) is 17.0 Å². The standard InChI is InChI=1S/C29H27N3O3/c1-19-14-20(2)27-23(15-19)25(33)17-29(35-27)9-12-31(13-10-29)28(34)22-8-11-32-18-24(30-26(32)16-22)21-6-4-3-5-7-21/h3-8,11,14-16,18H,9-10,12-13,17H2,1-2H3. The van der Waals surface area contributed by atoms with Crippen LogP contribution < -0.4 is 4.74 Å². The number of pyridine rings is 1. The van der Waals surface area contributed by atoms with Crippen molar-refractivity contribution in [2.75, 3.05) is 13.1 Å². The Labute approximate surface area is 204 Å². The number of hydrogen-bond acceptors (Lipinski definition) is 4. The molecule has 2 aliphatic heterocycles. The van der Waals surface area contributed by atoms with Gasteiger partial charge in [0.25, 0.3) is 5.91 Å². The van der Waals surface area contributed by atoms with Crippen LogP contribution in [0.15, 0.2) is 67.0 Å². The van der Waals surface area contributed by atoms with Gasteiger partial charge in [0.05, 0.1) is 17.7 Å². The highest BCUT2D eigenvalue weighted by molar-refractivity contribution is 6.01. The van der Waals surface area contributed by atoms with Gasteiger partial charge in [-0.2, -0.15) is 0 Å². The maximum atomic E-state index is 13.3. The van der Waals surface area contributed by atoms with Crippen LogP contribution in [0, 0.1) is 13.8 Å². The molecule has 35 heavy (non-hydrogen) atoms. The lowest BCUT2D eigenvalue weighted by atomic mass is 9.81. The van der Waals surface area contributed by atoms with E-state index in [1.165, 1.54) is 0 Å². The molecule has 0 N–H and O–H groups in total. The average molecular weight is 466 g/mol. The van der Waals surface area contributed by atoms with E-state index in [0.717, 1.165) is 28.0 Å². The van der Waals surface area contributed by atoms with E-state index in [1.807, 2.05) is 84.1 Å². The van der Waals surface area contributed by atoms with Gasteiger partial charge in [-0.25, -0.2) is 4.98 Å². The highest BCUT2D eigenvalue weighted by Crippen LogP contribution is 2.41. The van der Waals surface area contributed by atoms with Crippen LogP contribution in [-0.4, -0.2) is 44.7 Å². The van der Waals surface area contributed by atoms with Crippen LogP contribution in [0.2, 0.25) is 0 Å². The van der Waals surface area contributed by atoms with E-state index in [2.05, 4.69) is 6.07 Å². The first-order valence-electron chi connectivity index (χ1n) is 12.1. The number of nitrogens with zero attached hydrogens (tertiary/aromatic N) is 3. The number of likely N-dealkylation sites (tertiary alicyclic amines) is 1. The molecule has 4 aromatic rings. The van der Waals surface area contributed by atoms with Gasteiger partial charge in [0, 0.05) is 49.5 Å². The number of aryl methyl sites for hydroxylation is 2. The number of carbonyl (C=O) groups is 2. The lowest BCUT2D eigenvalue weighted by Gasteiger charge is -2.44. The molecule has 6 nitrogen and oxygen atoms in total. The second-order valence-electron chi connectivity index (χ2n) is 9.81. The molecule has 0 unspecified atom stereocenters. The molecule has 176 valence electrons. The summed E-state index contributed by atoms with van der Waals surface area (Å²) in [5.74, 6) is 0.836. The number of carbonyl (C=O) groups excluding carboxylic acids is 2. The second kappa shape index (κ2) is 8.08. The average Bonchev–Trinajstić information content (AvgIpc) is 3.29. The third kappa shape index (κ3) is 3.79. The minimum atomic E-state index is -0.529. The molecule has 2 aromatic carbocycles. The monoisotopic (exact) mass is 465 g/mol. The van der Waals surface area contributed by atoms with Gasteiger partial charge in [0.2, 0.25) is 0 Å². The number of hydrogen-bond donors (Lipinski definition) is 0. The molecule has 6 heteroatoms. The number of ether oxygens (including phenoxy) is 1. The molecule has 1 amide bonds. The van der Waals surface area contributed by atoms with Crippen molar-refractivity contribution in [2.24, 2.45) is 0 Å². The Kier molecular flexibility index (Phi) is 4.99. The third-order valence-electron chi connectivity index (χ3n) is 7.26. The van der Waals surface area contributed by atoms with E-state index in [4.69, 9.17) is 9.72 Å². The van der Waals surface area contributed by atoms with E-state index in [0.29, 0.717) is 49.2 Å². The zero-order valence-electron chi connectivity index (χ0n) is 20.0. The number of fused-ring (bicyclic) bond motifs is 2. The Hall–Kier alpha value is -3.93. The summed E-state index contributed by atoms with van der Waals surface area (Å²) in [6.45, 7) is 5.10. The van der Waals surface area contributed by atoms with Gasteiger partial charge in [-0.05, 0) is 43.2 Å². The number of ketones is 1. The Morgan fingerprint density at radius 2 is 1.80 bits per heavy atom. The summed E-state index contributed by atoms with van der Waals surface area (Å²) in [6.07, 6.45) is 5.51. The molecule has 4 heterocycles. The summed E-state index contributed by atoms with van der Waals surface area (Å²) >= 11 is 0. The summed E-state index contributed by atoms with van der Waals surface area (Å²) in [6, 6.07) is 17.7. The van der Waals surface area contributed by atoms with Gasteiger partial charge in [-0.15, -0.1) is 0 Å². The van der Waals surface area contributed by atoms with E-state index >= 15 is 0 Å². The van der Waals surface area contributed by atoms with Crippen molar-refractivity contribution in [1.29, 1.82) is 0 Å². The second-order valence-corrected chi connectivity index (χ2v) is 9.81. The normalized spacial score (nSPS) is 16.9. The van der Waals surface area contributed by atoms with Crippen molar-refractivity contribution in [3.63, 3.8) is 0 Å². The molecule has 2 aromatic heterocycles. The number of imidazole rings is 1. The molecule has 1 spiro atoms.